The molecule has 5 nitrogen and oxygen atoms in total. The van der Waals surface area contributed by atoms with Gasteiger partial charge in [-0.3, -0.25) is 9.69 Å². The first-order valence-electron chi connectivity index (χ1n) is 6.72. The minimum absolute atomic E-state index is 0.0216. The maximum Gasteiger partial charge on any atom is 0.239 e. The van der Waals surface area contributed by atoms with E-state index in [-0.39, 0.29) is 17.4 Å². The van der Waals surface area contributed by atoms with E-state index in [2.05, 4.69) is 24.1 Å². The number of nitrogens with two attached hydrogens (primary N) is 1. The molecule has 0 bridgehead atoms. The molecule has 1 amide bonds. The zero-order valence-corrected chi connectivity index (χ0v) is 12.9. The molecule has 3 N–H and O–H groups in total. The predicted octanol–water partition coefficient (Wildman–Crippen LogP) is 0.526. The van der Waals surface area contributed by atoms with Gasteiger partial charge in [0.15, 0.2) is 0 Å². The molecule has 1 aliphatic heterocycles. The van der Waals surface area contributed by atoms with E-state index in [0.29, 0.717) is 18.2 Å². The molecular weight excluding hydrogens is 262 g/mol. The summed E-state index contributed by atoms with van der Waals surface area (Å²) in [6, 6.07) is -0.174. The van der Waals surface area contributed by atoms with E-state index in [9.17, 15) is 4.79 Å². The highest BCUT2D eigenvalue weighted by molar-refractivity contribution is 7.80. The molecule has 110 valence electrons. The fraction of sp³-hybridized carbons (Fsp3) is 0.846. The van der Waals surface area contributed by atoms with Gasteiger partial charge in [-0.15, -0.1) is 0 Å². The third kappa shape index (κ3) is 4.71. The van der Waals surface area contributed by atoms with Crippen molar-refractivity contribution in [2.75, 3.05) is 33.4 Å². The Morgan fingerprint density at radius 2 is 2.26 bits per heavy atom. The van der Waals surface area contributed by atoms with Gasteiger partial charge in [0.2, 0.25) is 5.91 Å². The Morgan fingerprint density at radius 3 is 2.84 bits per heavy atom. The highest BCUT2D eigenvalue weighted by Crippen LogP contribution is 2.23. The highest BCUT2D eigenvalue weighted by Gasteiger charge is 2.29. The van der Waals surface area contributed by atoms with Crippen LogP contribution in [-0.2, 0) is 9.53 Å². The Hall–Kier alpha value is -0.720. The number of nitrogens with zero attached hydrogens (tertiary/aromatic N) is 1. The first kappa shape index (κ1) is 16.3. The van der Waals surface area contributed by atoms with Crippen LogP contribution in [0.4, 0.5) is 0 Å². The summed E-state index contributed by atoms with van der Waals surface area (Å²) in [5, 5.41) is 2.69. The van der Waals surface area contributed by atoms with Crippen LogP contribution in [0.3, 0.4) is 0 Å². The first-order chi connectivity index (χ1) is 8.88. The summed E-state index contributed by atoms with van der Waals surface area (Å²) in [6.07, 6.45) is 1.90. The van der Waals surface area contributed by atoms with Gasteiger partial charge in [-0.1, -0.05) is 26.1 Å². The van der Waals surface area contributed by atoms with Gasteiger partial charge in [-0.25, -0.2) is 0 Å². The molecule has 0 radical (unpaired) electrons. The van der Waals surface area contributed by atoms with Crippen molar-refractivity contribution in [2.24, 2.45) is 11.1 Å². The molecule has 1 saturated heterocycles. The van der Waals surface area contributed by atoms with E-state index in [0.717, 1.165) is 25.9 Å². The predicted molar refractivity (Wildman–Crippen MR) is 80.0 cm³/mol. The van der Waals surface area contributed by atoms with Crippen molar-refractivity contribution >= 4 is 23.1 Å². The Kier molecular flexibility index (Phi) is 6.16. The molecule has 1 aliphatic rings. The summed E-state index contributed by atoms with van der Waals surface area (Å²) < 4.78 is 5.38. The van der Waals surface area contributed by atoms with Crippen LogP contribution in [0, 0.1) is 5.41 Å². The van der Waals surface area contributed by atoms with Crippen LogP contribution in [0.25, 0.3) is 0 Å². The number of rotatable bonds is 6. The van der Waals surface area contributed by atoms with Crippen molar-refractivity contribution in [1.29, 1.82) is 0 Å². The number of carbonyl (C=O) groups excluding carboxylic acids is 1. The second-order valence-corrected chi connectivity index (χ2v) is 6.03. The zero-order chi connectivity index (χ0) is 14.5. The number of likely N-dealkylation sites (N-methyl/N-ethyl adjacent to an activating group) is 1. The molecule has 0 aliphatic carbocycles. The molecule has 1 heterocycles. The molecule has 0 aromatic heterocycles. The van der Waals surface area contributed by atoms with Gasteiger partial charge in [-0.2, -0.15) is 0 Å². The Morgan fingerprint density at radius 1 is 1.58 bits per heavy atom. The van der Waals surface area contributed by atoms with E-state index >= 15 is 0 Å². The van der Waals surface area contributed by atoms with Gasteiger partial charge in [0, 0.05) is 19.0 Å². The van der Waals surface area contributed by atoms with Crippen LogP contribution in [0.5, 0.6) is 0 Å². The molecule has 1 atom stereocenters. The zero-order valence-electron chi connectivity index (χ0n) is 12.1. The van der Waals surface area contributed by atoms with Gasteiger partial charge in [-0.05, 0) is 19.4 Å². The topological polar surface area (TPSA) is 67.6 Å². The fourth-order valence-electron chi connectivity index (χ4n) is 2.16. The molecule has 19 heavy (non-hydrogen) atoms. The molecular formula is C13H25N3O2S. The van der Waals surface area contributed by atoms with Gasteiger partial charge < -0.3 is 15.8 Å². The molecule has 1 rings (SSSR count). The minimum atomic E-state index is -0.174. The monoisotopic (exact) mass is 287 g/mol. The quantitative estimate of drug-likeness (QED) is 0.697. The van der Waals surface area contributed by atoms with Crippen LogP contribution in [-0.4, -0.2) is 55.2 Å². The number of hydrogen-bond donors (Lipinski definition) is 2. The molecule has 0 spiro atoms. The molecule has 0 aromatic carbocycles. The third-order valence-electron chi connectivity index (χ3n) is 3.70. The van der Waals surface area contributed by atoms with E-state index < -0.39 is 0 Å². The lowest BCUT2D eigenvalue weighted by atomic mass is 9.88. The van der Waals surface area contributed by atoms with Crippen LogP contribution in [0.15, 0.2) is 0 Å². The van der Waals surface area contributed by atoms with E-state index in [4.69, 9.17) is 22.7 Å². The Labute approximate surface area is 120 Å². The lowest BCUT2D eigenvalue weighted by Crippen LogP contribution is -2.53. The number of thiocarbonyl (C=S) groups is 1. The number of hydrogen-bond acceptors (Lipinski definition) is 4. The van der Waals surface area contributed by atoms with Gasteiger partial charge >= 0.3 is 0 Å². The van der Waals surface area contributed by atoms with E-state index in [1.165, 1.54) is 0 Å². The van der Waals surface area contributed by atoms with Crippen LogP contribution >= 0.6 is 12.2 Å². The minimum Gasteiger partial charge on any atom is -0.393 e. The normalized spacial score (nSPS) is 21.1. The Bertz CT molecular complexity index is 334. The summed E-state index contributed by atoms with van der Waals surface area (Å²) in [5.74, 6) is 0.0216. The average molecular weight is 287 g/mol. The fourth-order valence-corrected chi connectivity index (χ4v) is 2.26. The van der Waals surface area contributed by atoms with Crippen LogP contribution < -0.4 is 11.1 Å². The molecule has 6 heteroatoms. The van der Waals surface area contributed by atoms with Gasteiger partial charge in [0.05, 0.1) is 18.2 Å². The summed E-state index contributed by atoms with van der Waals surface area (Å²) >= 11 is 5.07. The lowest BCUT2D eigenvalue weighted by molar-refractivity contribution is -0.132. The van der Waals surface area contributed by atoms with E-state index in [1.807, 2.05) is 0 Å². The summed E-state index contributed by atoms with van der Waals surface area (Å²) in [7, 11) is 1.66. The van der Waals surface area contributed by atoms with Crippen molar-refractivity contribution in [1.82, 2.24) is 10.2 Å². The summed E-state index contributed by atoms with van der Waals surface area (Å²) in [4.78, 5) is 14.5. The van der Waals surface area contributed by atoms with Crippen molar-refractivity contribution in [2.45, 2.75) is 32.7 Å². The maximum absolute atomic E-state index is 11.8. The number of morpholine rings is 1. The molecule has 1 unspecified atom stereocenters. The SMILES string of the molecule is CNC(=O)C1COCCN1CCCC(C)(C)C(N)=S. The van der Waals surface area contributed by atoms with Crippen molar-refractivity contribution in [3.63, 3.8) is 0 Å². The second-order valence-electron chi connectivity index (χ2n) is 5.59. The average Bonchev–Trinajstić information content (AvgIpc) is 2.38. The first-order valence-corrected chi connectivity index (χ1v) is 7.12. The van der Waals surface area contributed by atoms with Gasteiger partial charge in [0.1, 0.15) is 6.04 Å². The van der Waals surface area contributed by atoms with Crippen molar-refractivity contribution in [3.8, 4) is 0 Å². The smallest absolute Gasteiger partial charge is 0.239 e. The largest absolute Gasteiger partial charge is 0.393 e. The molecule has 0 saturated carbocycles. The number of amides is 1. The Balaban J connectivity index is 2.46. The van der Waals surface area contributed by atoms with Crippen LogP contribution in [0.1, 0.15) is 26.7 Å². The van der Waals surface area contributed by atoms with Crippen molar-refractivity contribution in [3.05, 3.63) is 0 Å². The lowest BCUT2D eigenvalue weighted by Gasteiger charge is -2.35. The molecule has 1 fully saturated rings. The van der Waals surface area contributed by atoms with Crippen LogP contribution in [0.2, 0.25) is 0 Å². The standard InChI is InChI=1S/C13H25N3O2S/c1-13(2,12(14)19)5-4-6-16-7-8-18-9-10(16)11(17)15-3/h10H,4-9H2,1-3H3,(H2,14,19)(H,15,17). The number of ether oxygens (including phenoxy) is 1. The molecule has 0 aromatic rings. The number of nitrogens with one attached hydrogen (secondary N) is 1. The highest BCUT2D eigenvalue weighted by atomic mass is 32.1. The summed E-state index contributed by atoms with van der Waals surface area (Å²) in [6.45, 7) is 6.94. The number of carbonyl (C=O) groups is 1. The second kappa shape index (κ2) is 7.17. The van der Waals surface area contributed by atoms with E-state index in [1.54, 1.807) is 7.05 Å². The third-order valence-corrected chi connectivity index (χ3v) is 4.26. The van der Waals surface area contributed by atoms with Gasteiger partial charge in [0.25, 0.3) is 0 Å². The summed E-state index contributed by atoms with van der Waals surface area (Å²) in [5.41, 5.74) is 5.60. The van der Waals surface area contributed by atoms with Crippen molar-refractivity contribution < 1.29 is 9.53 Å². The maximum atomic E-state index is 11.8.